The van der Waals surface area contributed by atoms with Crippen molar-refractivity contribution in [3.63, 3.8) is 0 Å². The summed E-state index contributed by atoms with van der Waals surface area (Å²) >= 11 is 0. The molecule has 0 heterocycles. The summed E-state index contributed by atoms with van der Waals surface area (Å²) in [5.74, 6) is -0.908. The zero-order chi connectivity index (χ0) is 24.6. The van der Waals surface area contributed by atoms with Gasteiger partial charge in [0.1, 0.15) is 6.61 Å². The summed E-state index contributed by atoms with van der Waals surface area (Å²) in [6.07, 6.45) is 2.61. The van der Waals surface area contributed by atoms with E-state index in [2.05, 4.69) is 34.9 Å². The highest BCUT2D eigenvalue weighted by atomic mass is 16.5. The van der Waals surface area contributed by atoms with Crippen LogP contribution in [0.3, 0.4) is 0 Å². The van der Waals surface area contributed by atoms with E-state index in [1.807, 2.05) is 24.3 Å². The number of carbonyl (C=O) groups is 3. The standard InChI is InChI=1S/C27H34N2O5/c1-27(2,25(31)32)15-17-28-24(30)14-4-3-9-16-29-26(33)34-18-23-21-12-7-5-10-19(21)20-11-6-8-13-22(20)23/h5-8,10-13,23H,3-4,9,14-18H2,1-2H3,(H,28,30)(H,29,33)(H,31,32). The highest BCUT2D eigenvalue weighted by Crippen LogP contribution is 2.44. The van der Waals surface area contributed by atoms with E-state index < -0.39 is 17.5 Å². The van der Waals surface area contributed by atoms with Crippen LogP contribution < -0.4 is 10.6 Å². The highest BCUT2D eigenvalue weighted by molar-refractivity contribution is 5.79. The topological polar surface area (TPSA) is 105 Å². The maximum atomic E-state index is 12.2. The van der Waals surface area contributed by atoms with E-state index in [1.165, 1.54) is 22.3 Å². The average molecular weight is 467 g/mol. The Kier molecular flexibility index (Phi) is 8.68. The number of nitrogens with one attached hydrogen (secondary N) is 2. The number of rotatable bonds is 12. The molecule has 34 heavy (non-hydrogen) atoms. The molecule has 7 nitrogen and oxygen atoms in total. The Bertz CT molecular complexity index is 972. The summed E-state index contributed by atoms with van der Waals surface area (Å²) in [6.45, 7) is 4.42. The molecule has 182 valence electrons. The van der Waals surface area contributed by atoms with Gasteiger partial charge in [-0.15, -0.1) is 0 Å². The fraction of sp³-hybridized carbons (Fsp3) is 0.444. The molecule has 3 N–H and O–H groups in total. The molecule has 2 aromatic carbocycles. The predicted molar refractivity (Wildman–Crippen MR) is 131 cm³/mol. The van der Waals surface area contributed by atoms with Gasteiger partial charge in [-0.25, -0.2) is 4.79 Å². The second-order valence-corrected chi connectivity index (χ2v) is 9.35. The number of ether oxygens (including phenoxy) is 1. The van der Waals surface area contributed by atoms with Crippen LogP contribution in [0.1, 0.15) is 63.0 Å². The van der Waals surface area contributed by atoms with E-state index in [1.54, 1.807) is 13.8 Å². The van der Waals surface area contributed by atoms with Crippen molar-refractivity contribution in [2.45, 2.75) is 51.9 Å². The molecule has 1 aliphatic carbocycles. The second kappa shape index (κ2) is 11.7. The minimum absolute atomic E-state index is 0.0396. The van der Waals surface area contributed by atoms with Crippen molar-refractivity contribution in [1.29, 1.82) is 0 Å². The van der Waals surface area contributed by atoms with E-state index >= 15 is 0 Å². The molecular weight excluding hydrogens is 432 g/mol. The van der Waals surface area contributed by atoms with Gasteiger partial charge in [0.05, 0.1) is 5.41 Å². The van der Waals surface area contributed by atoms with Gasteiger partial charge >= 0.3 is 12.1 Å². The normalized spacial score (nSPS) is 12.5. The second-order valence-electron chi connectivity index (χ2n) is 9.35. The smallest absolute Gasteiger partial charge is 0.407 e. The Morgan fingerprint density at radius 2 is 1.50 bits per heavy atom. The number of carbonyl (C=O) groups excluding carboxylic acids is 2. The Morgan fingerprint density at radius 1 is 0.882 bits per heavy atom. The number of amides is 2. The van der Waals surface area contributed by atoms with Crippen molar-refractivity contribution in [2.24, 2.45) is 5.41 Å². The summed E-state index contributed by atoms with van der Waals surface area (Å²) in [5, 5.41) is 14.6. The van der Waals surface area contributed by atoms with Crippen molar-refractivity contribution in [1.82, 2.24) is 10.6 Å². The lowest BCUT2D eigenvalue weighted by molar-refractivity contribution is -0.147. The molecular formula is C27H34N2O5. The van der Waals surface area contributed by atoms with Crippen molar-refractivity contribution >= 4 is 18.0 Å². The van der Waals surface area contributed by atoms with Gasteiger partial charge < -0.3 is 20.5 Å². The Balaban J connectivity index is 1.29. The molecule has 0 unspecified atom stereocenters. The van der Waals surface area contributed by atoms with Crippen LogP contribution in [-0.4, -0.2) is 42.8 Å². The lowest BCUT2D eigenvalue weighted by Gasteiger charge is -2.18. The van der Waals surface area contributed by atoms with Crippen molar-refractivity contribution < 1.29 is 24.2 Å². The number of unbranched alkanes of at least 4 members (excludes halogenated alkanes) is 2. The molecule has 0 saturated carbocycles. The van der Waals surface area contributed by atoms with Gasteiger partial charge in [0.15, 0.2) is 0 Å². The van der Waals surface area contributed by atoms with Crippen LogP contribution in [-0.2, 0) is 14.3 Å². The first-order chi connectivity index (χ1) is 16.3. The summed E-state index contributed by atoms with van der Waals surface area (Å²) in [6, 6.07) is 16.4. The summed E-state index contributed by atoms with van der Waals surface area (Å²) < 4.78 is 5.52. The number of carboxylic acid groups (broad SMARTS) is 1. The van der Waals surface area contributed by atoms with Gasteiger partial charge in [0, 0.05) is 25.4 Å². The third-order valence-electron chi connectivity index (χ3n) is 6.34. The van der Waals surface area contributed by atoms with Gasteiger partial charge in [0.2, 0.25) is 5.91 Å². The van der Waals surface area contributed by atoms with Crippen molar-refractivity contribution in [3.8, 4) is 11.1 Å². The zero-order valence-corrected chi connectivity index (χ0v) is 19.9. The number of fused-ring (bicyclic) bond motifs is 3. The number of benzene rings is 2. The first-order valence-electron chi connectivity index (χ1n) is 11.9. The third-order valence-corrected chi connectivity index (χ3v) is 6.34. The zero-order valence-electron chi connectivity index (χ0n) is 19.9. The van der Waals surface area contributed by atoms with E-state index in [4.69, 9.17) is 9.84 Å². The average Bonchev–Trinajstić information content (AvgIpc) is 3.13. The number of alkyl carbamates (subject to hydrolysis) is 1. The summed E-state index contributed by atoms with van der Waals surface area (Å²) in [5.41, 5.74) is 3.91. The SMILES string of the molecule is CC(C)(CCNC(=O)CCCCCNC(=O)OCC1c2ccccc2-c2ccccc21)C(=O)O. The fourth-order valence-corrected chi connectivity index (χ4v) is 4.14. The van der Waals surface area contributed by atoms with Gasteiger partial charge in [-0.3, -0.25) is 9.59 Å². The van der Waals surface area contributed by atoms with Crippen LogP contribution in [0.2, 0.25) is 0 Å². The monoisotopic (exact) mass is 466 g/mol. The largest absolute Gasteiger partial charge is 0.481 e. The van der Waals surface area contributed by atoms with Gasteiger partial charge in [-0.2, -0.15) is 0 Å². The maximum absolute atomic E-state index is 12.2. The van der Waals surface area contributed by atoms with E-state index in [0.29, 0.717) is 39.0 Å². The number of aliphatic carboxylic acids is 1. The fourth-order valence-electron chi connectivity index (χ4n) is 4.14. The third kappa shape index (κ3) is 6.59. The summed E-state index contributed by atoms with van der Waals surface area (Å²) in [7, 11) is 0. The van der Waals surface area contributed by atoms with Crippen LogP contribution in [0.5, 0.6) is 0 Å². The predicted octanol–water partition coefficient (Wildman–Crippen LogP) is 4.70. The quantitative estimate of drug-likeness (QED) is 0.393. The van der Waals surface area contributed by atoms with Crippen molar-refractivity contribution in [3.05, 3.63) is 59.7 Å². The molecule has 0 atom stereocenters. The van der Waals surface area contributed by atoms with Gasteiger partial charge in [-0.05, 0) is 55.4 Å². The Hall–Kier alpha value is -3.35. The molecule has 7 heteroatoms. The van der Waals surface area contributed by atoms with Crippen LogP contribution in [0.15, 0.2) is 48.5 Å². The number of hydrogen-bond donors (Lipinski definition) is 3. The van der Waals surface area contributed by atoms with E-state index in [0.717, 1.165) is 12.8 Å². The molecule has 0 aromatic heterocycles. The molecule has 3 rings (SSSR count). The molecule has 1 aliphatic rings. The van der Waals surface area contributed by atoms with E-state index in [9.17, 15) is 14.4 Å². The first-order valence-corrected chi connectivity index (χ1v) is 11.9. The van der Waals surface area contributed by atoms with Gasteiger partial charge in [-0.1, -0.05) is 55.0 Å². The summed E-state index contributed by atoms with van der Waals surface area (Å²) in [4.78, 5) is 35.1. The molecule has 0 bridgehead atoms. The highest BCUT2D eigenvalue weighted by Gasteiger charge is 2.29. The minimum atomic E-state index is -0.870. The van der Waals surface area contributed by atoms with Crippen molar-refractivity contribution in [2.75, 3.05) is 19.7 Å². The molecule has 0 saturated heterocycles. The number of carboxylic acids is 1. The lowest BCUT2D eigenvalue weighted by atomic mass is 9.90. The Morgan fingerprint density at radius 3 is 2.12 bits per heavy atom. The molecule has 2 aromatic rings. The minimum Gasteiger partial charge on any atom is -0.481 e. The van der Waals surface area contributed by atoms with E-state index in [-0.39, 0.29) is 11.8 Å². The first kappa shape index (κ1) is 25.3. The molecule has 0 radical (unpaired) electrons. The molecule has 0 fully saturated rings. The molecule has 0 spiro atoms. The lowest BCUT2D eigenvalue weighted by Crippen LogP contribution is -2.31. The van der Waals surface area contributed by atoms with Gasteiger partial charge in [0.25, 0.3) is 0 Å². The molecule has 0 aliphatic heterocycles. The van der Waals surface area contributed by atoms with Crippen LogP contribution in [0.25, 0.3) is 11.1 Å². The van der Waals surface area contributed by atoms with Crippen LogP contribution >= 0.6 is 0 Å². The molecule has 2 amide bonds. The van der Waals surface area contributed by atoms with Crippen LogP contribution in [0, 0.1) is 5.41 Å². The van der Waals surface area contributed by atoms with Crippen LogP contribution in [0.4, 0.5) is 4.79 Å². The Labute approximate surface area is 200 Å². The number of hydrogen-bond acceptors (Lipinski definition) is 4. The maximum Gasteiger partial charge on any atom is 0.407 e.